The third-order valence-electron chi connectivity index (χ3n) is 3.77. The Morgan fingerprint density at radius 2 is 1.68 bits per heavy atom. The molecule has 1 aliphatic rings. The molecule has 0 unspecified atom stereocenters. The Hall–Kier alpha value is -1.31. The number of hydrogen-bond donors (Lipinski definition) is 0. The monoisotopic (exact) mass is 328 g/mol. The van der Waals surface area contributed by atoms with Crippen LogP contribution in [0.3, 0.4) is 0 Å². The summed E-state index contributed by atoms with van der Waals surface area (Å²) in [7, 11) is -0.155. The summed E-state index contributed by atoms with van der Waals surface area (Å²) in [4.78, 5) is 0. The van der Waals surface area contributed by atoms with Gasteiger partial charge >= 0.3 is 0 Å². The average molecular weight is 328 g/mol. The molecule has 0 atom stereocenters. The van der Waals surface area contributed by atoms with Crippen molar-refractivity contribution in [1.29, 1.82) is 0 Å². The quantitative estimate of drug-likeness (QED) is 0.765. The van der Waals surface area contributed by atoms with E-state index in [2.05, 4.69) is 0 Å². The molecule has 0 radical (unpaired) electrons. The van der Waals surface area contributed by atoms with Crippen LogP contribution in [-0.2, 0) is 10.2 Å². The van der Waals surface area contributed by atoms with Crippen molar-refractivity contribution in [2.24, 2.45) is 0 Å². The topological polar surface area (TPSA) is 59.1 Å². The van der Waals surface area contributed by atoms with Crippen molar-refractivity contribution in [3.05, 3.63) is 24.3 Å². The zero-order valence-corrected chi connectivity index (χ0v) is 14.0. The van der Waals surface area contributed by atoms with Crippen LogP contribution >= 0.6 is 0 Å². The van der Waals surface area contributed by atoms with Crippen LogP contribution < -0.4 is 9.47 Å². The van der Waals surface area contributed by atoms with Crippen LogP contribution in [0.2, 0.25) is 0 Å². The van der Waals surface area contributed by atoms with E-state index in [0.29, 0.717) is 32.0 Å². The maximum atomic E-state index is 12.4. The van der Waals surface area contributed by atoms with E-state index in [1.54, 1.807) is 30.6 Å². The summed E-state index contributed by atoms with van der Waals surface area (Å²) in [6.07, 6.45) is 2.99. The predicted octanol–water partition coefficient (Wildman–Crippen LogP) is 1.74. The van der Waals surface area contributed by atoms with Gasteiger partial charge in [0.2, 0.25) is 0 Å². The molecule has 1 saturated heterocycles. The van der Waals surface area contributed by atoms with Gasteiger partial charge in [0.15, 0.2) is 0 Å². The van der Waals surface area contributed by atoms with Gasteiger partial charge in [0, 0.05) is 26.7 Å². The van der Waals surface area contributed by atoms with Gasteiger partial charge in [-0.3, -0.25) is 0 Å². The lowest BCUT2D eigenvalue weighted by Gasteiger charge is -2.30. The van der Waals surface area contributed by atoms with E-state index in [4.69, 9.17) is 9.47 Å². The number of ether oxygens (including phenoxy) is 2. The highest BCUT2D eigenvalue weighted by molar-refractivity contribution is 7.86. The number of rotatable bonds is 7. The van der Waals surface area contributed by atoms with Gasteiger partial charge in [-0.25, -0.2) is 0 Å². The summed E-state index contributed by atoms with van der Waals surface area (Å²) in [5.41, 5.74) is 0. The molecule has 1 heterocycles. The van der Waals surface area contributed by atoms with E-state index in [1.165, 1.54) is 4.31 Å². The van der Waals surface area contributed by atoms with Crippen LogP contribution in [0.25, 0.3) is 0 Å². The molecule has 0 bridgehead atoms. The van der Waals surface area contributed by atoms with Crippen molar-refractivity contribution in [3.8, 4) is 11.5 Å². The predicted molar refractivity (Wildman–Crippen MR) is 85.5 cm³/mol. The molecule has 1 aromatic rings. The van der Waals surface area contributed by atoms with E-state index in [0.717, 1.165) is 25.0 Å². The zero-order valence-electron chi connectivity index (χ0n) is 13.2. The molecule has 0 saturated carbocycles. The lowest BCUT2D eigenvalue weighted by Crippen LogP contribution is -2.45. The molecule has 0 N–H and O–H groups in total. The average Bonchev–Trinajstić information content (AvgIpc) is 2.56. The summed E-state index contributed by atoms with van der Waals surface area (Å²) in [6, 6.07) is 7.23. The molecule has 0 aromatic heterocycles. The molecule has 2 rings (SSSR count). The fourth-order valence-electron chi connectivity index (χ4n) is 2.37. The smallest absolute Gasteiger partial charge is 0.281 e. The maximum absolute atomic E-state index is 12.4. The normalized spacial score (nSPS) is 16.7. The molecule has 1 fully saturated rings. The van der Waals surface area contributed by atoms with Crippen molar-refractivity contribution in [2.45, 2.75) is 19.3 Å². The molecular formula is C15H24N2O4S. The number of nitrogens with zero attached hydrogens (tertiary/aromatic N) is 2. The van der Waals surface area contributed by atoms with Gasteiger partial charge in [-0.1, -0.05) is 6.42 Å². The Morgan fingerprint density at radius 3 is 2.27 bits per heavy atom. The second kappa shape index (κ2) is 7.80. The first-order valence-electron chi connectivity index (χ1n) is 7.52. The van der Waals surface area contributed by atoms with Gasteiger partial charge in [-0.15, -0.1) is 0 Å². The maximum Gasteiger partial charge on any atom is 0.281 e. The van der Waals surface area contributed by atoms with Crippen LogP contribution in [0.15, 0.2) is 24.3 Å². The fraction of sp³-hybridized carbons (Fsp3) is 0.600. The van der Waals surface area contributed by atoms with E-state index in [9.17, 15) is 8.42 Å². The first-order chi connectivity index (χ1) is 10.5. The van der Waals surface area contributed by atoms with Gasteiger partial charge in [0.25, 0.3) is 10.2 Å². The molecule has 0 aliphatic carbocycles. The van der Waals surface area contributed by atoms with Crippen molar-refractivity contribution in [1.82, 2.24) is 8.61 Å². The van der Waals surface area contributed by atoms with E-state index in [-0.39, 0.29) is 0 Å². The number of likely N-dealkylation sites (N-methyl/N-ethyl adjacent to an activating group) is 1. The Balaban J connectivity index is 1.82. The first-order valence-corrected chi connectivity index (χ1v) is 8.92. The summed E-state index contributed by atoms with van der Waals surface area (Å²) in [6.45, 7) is 1.87. The van der Waals surface area contributed by atoms with E-state index >= 15 is 0 Å². The largest absolute Gasteiger partial charge is 0.497 e. The molecule has 6 nitrogen and oxygen atoms in total. The Labute approximate surface area is 132 Å². The summed E-state index contributed by atoms with van der Waals surface area (Å²) in [5.74, 6) is 1.46. The minimum Gasteiger partial charge on any atom is -0.497 e. The van der Waals surface area contributed by atoms with Crippen molar-refractivity contribution in [2.75, 3.05) is 40.4 Å². The van der Waals surface area contributed by atoms with Crippen LogP contribution in [0.5, 0.6) is 11.5 Å². The van der Waals surface area contributed by atoms with Crippen molar-refractivity contribution in [3.63, 3.8) is 0 Å². The Morgan fingerprint density at radius 1 is 1.09 bits per heavy atom. The highest BCUT2D eigenvalue weighted by Crippen LogP contribution is 2.18. The molecule has 7 heteroatoms. The van der Waals surface area contributed by atoms with Crippen molar-refractivity contribution >= 4 is 10.2 Å². The second-order valence-corrected chi connectivity index (χ2v) is 7.35. The Bertz CT molecular complexity index is 553. The number of hydrogen-bond acceptors (Lipinski definition) is 4. The SMILES string of the molecule is COc1ccc(OCCN(C)S(=O)(=O)N2CCCCC2)cc1. The van der Waals surface area contributed by atoms with Crippen LogP contribution in [0.1, 0.15) is 19.3 Å². The number of piperidine rings is 1. The molecule has 0 spiro atoms. The third kappa shape index (κ3) is 4.34. The Kier molecular flexibility index (Phi) is 6.05. The lowest BCUT2D eigenvalue weighted by atomic mass is 10.2. The number of methoxy groups -OCH3 is 1. The molecule has 22 heavy (non-hydrogen) atoms. The minimum atomic E-state index is -3.36. The van der Waals surface area contributed by atoms with Crippen molar-refractivity contribution < 1.29 is 17.9 Å². The standard InChI is InChI=1S/C15H24N2O4S/c1-16(22(18,19)17-10-4-3-5-11-17)12-13-21-15-8-6-14(20-2)7-9-15/h6-9H,3-5,10-13H2,1-2H3. The van der Waals surface area contributed by atoms with E-state index < -0.39 is 10.2 Å². The van der Waals surface area contributed by atoms with Crippen LogP contribution in [-0.4, -0.2) is 57.4 Å². The first kappa shape index (κ1) is 17.1. The van der Waals surface area contributed by atoms with Crippen LogP contribution in [0.4, 0.5) is 0 Å². The van der Waals surface area contributed by atoms with Gasteiger partial charge in [-0.2, -0.15) is 17.0 Å². The molecule has 124 valence electrons. The molecule has 1 aromatic carbocycles. The highest BCUT2D eigenvalue weighted by atomic mass is 32.2. The minimum absolute atomic E-state index is 0.315. The number of benzene rings is 1. The molecule has 1 aliphatic heterocycles. The second-order valence-electron chi connectivity index (χ2n) is 5.31. The van der Waals surface area contributed by atoms with Gasteiger partial charge in [-0.05, 0) is 37.1 Å². The van der Waals surface area contributed by atoms with Gasteiger partial charge in [0.1, 0.15) is 18.1 Å². The fourth-order valence-corrected chi connectivity index (χ4v) is 3.79. The molecule has 0 amide bonds. The van der Waals surface area contributed by atoms with Crippen LogP contribution in [0, 0.1) is 0 Å². The highest BCUT2D eigenvalue weighted by Gasteiger charge is 2.27. The zero-order chi connectivity index (χ0) is 16.0. The summed E-state index contributed by atoms with van der Waals surface area (Å²) >= 11 is 0. The summed E-state index contributed by atoms with van der Waals surface area (Å²) < 4.78 is 38.4. The van der Waals surface area contributed by atoms with Gasteiger partial charge < -0.3 is 9.47 Å². The van der Waals surface area contributed by atoms with Gasteiger partial charge in [0.05, 0.1) is 7.11 Å². The lowest BCUT2D eigenvalue weighted by molar-refractivity contribution is 0.268. The molecular weight excluding hydrogens is 304 g/mol. The summed E-state index contributed by atoms with van der Waals surface area (Å²) in [5, 5.41) is 0. The third-order valence-corrected chi connectivity index (χ3v) is 5.76. The van der Waals surface area contributed by atoms with E-state index in [1.807, 2.05) is 12.1 Å².